The largest absolute Gasteiger partial charge is 0.387 e. The highest BCUT2D eigenvalue weighted by molar-refractivity contribution is 7.98. The van der Waals surface area contributed by atoms with Crippen LogP contribution in [0, 0.1) is 5.82 Å². The highest BCUT2D eigenvalue weighted by atomic mass is 32.2. The number of rotatable bonds is 8. The van der Waals surface area contributed by atoms with Crippen LogP contribution in [-0.2, 0) is 10.5 Å². The number of aromatic nitrogens is 1. The van der Waals surface area contributed by atoms with E-state index in [1.807, 2.05) is 18.2 Å². The van der Waals surface area contributed by atoms with Crippen LogP contribution in [0.15, 0.2) is 48.7 Å². The maximum Gasteiger partial charge on any atom is 0.220 e. The first kappa shape index (κ1) is 17.4. The summed E-state index contributed by atoms with van der Waals surface area (Å²) in [6.45, 7) is 0.120. The molecule has 1 heterocycles. The topological polar surface area (TPSA) is 62.2 Å². The lowest BCUT2D eigenvalue weighted by Crippen LogP contribution is -2.28. The molecule has 122 valence electrons. The van der Waals surface area contributed by atoms with E-state index < -0.39 is 6.10 Å². The molecule has 0 aliphatic heterocycles. The van der Waals surface area contributed by atoms with Gasteiger partial charge in [0.15, 0.2) is 0 Å². The Bertz CT molecular complexity index is 608. The van der Waals surface area contributed by atoms with Gasteiger partial charge in [0.05, 0.1) is 11.8 Å². The predicted molar refractivity (Wildman–Crippen MR) is 89.4 cm³/mol. The molecule has 0 radical (unpaired) electrons. The van der Waals surface area contributed by atoms with E-state index in [2.05, 4.69) is 10.3 Å². The number of hydrogen-bond acceptors (Lipinski definition) is 4. The van der Waals surface area contributed by atoms with Crippen molar-refractivity contribution in [2.45, 2.75) is 18.3 Å². The molecular weight excluding hydrogens is 315 g/mol. The van der Waals surface area contributed by atoms with E-state index in [0.717, 1.165) is 11.4 Å². The smallest absolute Gasteiger partial charge is 0.220 e. The van der Waals surface area contributed by atoms with Crippen LogP contribution in [0.25, 0.3) is 0 Å². The van der Waals surface area contributed by atoms with Gasteiger partial charge in [0.2, 0.25) is 5.91 Å². The van der Waals surface area contributed by atoms with Crippen LogP contribution in [0.1, 0.15) is 23.8 Å². The van der Waals surface area contributed by atoms with Gasteiger partial charge in [0.25, 0.3) is 0 Å². The summed E-state index contributed by atoms with van der Waals surface area (Å²) in [5, 5.41) is 12.6. The molecule has 0 aliphatic rings. The van der Waals surface area contributed by atoms with E-state index >= 15 is 0 Å². The van der Waals surface area contributed by atoms with Crippen molar-refractivity contribution >= 4 is 17.7 Å². The van der Waals surface area contributed by atoms with E-state index in [1.165, 1.54) is 24.3 Å². The van der Waals surface area contributed by atoms with Gasteiger partial charge < -0.3 is 10.4 Å². The second-order valence-corrected chi connectivity index (χ2v) is 6.10. The highest BCUT2D eigenvalue weighted by Gasteiger charge is 2.09. The average Bonchev–Trinajstić information content (AvgIpc) is 2.58. The van der Waals surface area contributed by atoms with Gasteiger partial charge in [-0.2, -0.15) is 11.8 Å². The van der Waals surface area contributed by atoms with Crippen molar-refractivity contribution in [1.29, 1.82) is 0 Å². The number of nitrogens with zero attached hydrogens (tertiary/aromatic N) is 1. The summed E-state index contributed by atoms with van der Waals surface area (Å²) < 4.78 is 12.8. The monoisotopic (exact) mass is 334 g/mol. The number of hydrogen-bond donors (Lipinski definition) is 2. The number of carbonyl (C=O) groups excluding carboxylic acids is 1. The van der Waals surface area contributed by atoms with Gasteiger partial charge in [0, 0.05) is 30.7 Å². The van der Waals surface area contributed by atoms with Crippen molar-refractivity contribution in [3.8, 4) is 0 Å². The summed E-state index contributed by atoms with van der Waals surface area (Å²) in [6, 6.07) is 11.3. The van der Waals surface area contributed by atoms with E-state index in [4.69, 9.17) is 0 Å². The van der Waals surface area contributed by atoms with Crippen LogP contribution in [0.3, 0.4) is 0 Å². The summed E-state index contributed by atoms with van der Waals surface area (Å²) in [5.74, 6) is 0.996. The van der Waals surface area contributed by atoms with E-state index in [1.54, 1.807) is 18.0 Å². The Morgan fingerprint density at radius 2 is 2.04 bits per heavy atom. The van der Waals surface area contributed by atoms with Gasteiger partial charge in [-0.3, -0.25) is 9.78 Å². The molecule has 6 heteroatoms. The lowest BCUT2D eigenvalue weighted by molar-refractivity contribution is -0.121. The molecule has 2 rings (SSSR count). The Labute approximate surface area is 139 Å². The second-order valence-electron chi connectivity index (χ2n) is 5.00. The van der Waals surface area contributed by atoms with Crippen LogP contribution >= 0.6 is 11.8 Å². The highest BCUT2D eigenvalue weighted by Crippen LogP contribution is 2.13. The number of nitrogens with one attached hydrogen (secondary N) is 1. The maximum absolute atomic E-state index is 12.8. The number of benzene rings is 1. The molecule has 1 amide bonds. The lowest BCUT2D eigenvalue weighted by atomic mass is 10.1. The zero-order valence-corrected chi connectivity index (χ0v) is 13.4. The number of aliphatic hydroxyl groups is 1. The van der Waals surface area contributed by atoms with Crippen LogP contribution in [-0.4, -0.2) is 28.3 Å². The molecule has 1 unspecified atom stereocenters. The maximum atomic E-state index is 12.8. The molecule has 0 saturated carbocycles. The molecule has 1 aromatic carbocycles. The molecule has 4 nitrogen and oxygen atoms in total. The number of carbonyl (C=O) groups is 1. The molecule has 2 N–H and O–H groups in total. The molecule has 1 aromatic heterocycles. The first-order valence-corrected chi connectivity index (χ1v) is 8.48. The zero-order chi connectivity index (χ0) is 16.5. The molecular formula is C17H19FN2O2S. The Morgan fingerprint density at radius 3 is 2.74 bits per heavy atom. The molecule has 0 bridgehead atoms. The molecule has 0 fully saturated rings. The number of aliphatic hydroxyl groups excluding tert-OH is 1. The minimum Gasteiger partial charge on any atom is -0.387 e. The number of halogens is 1. The van der Waals surface area contributed by atoms with Gasteiger partial charge in [-0.1, -0.05) is 18.2 Å². The fourth-order valence-electron chi connectivity index (χ4n) is 1.93. The third kappa shape index (κ3) is 6.38. The Hall–Kier alpha value is -1.92. The standard InChI is InChI=1S/C17H19FN2O2S/c18-14-6-4-13(5-7-14)16(21)11-20-17(22)8-10-23-12-15-3-1-2-9-19-15/h1-7,9,16,21H,8,10-12H2,(H,20,22). The van der Waals surface area contributed by atoms with Crippen LogP contribution in [0.4, 0.5) is 4.39 Å². The molecule has 0 spiro atoms. The first-order valence-electron chi connectivity index (χ1n) is 7.33. The van der Waals surface area contributed by atoms with Crippen molar-refractivity contribution in [3.63, 3.8) is 0 Å². The number of amides is 1. The summed E-state index contributed by atoms with van der Waals surface area (Å²) in [4.78, 5) is 15.9. The number of thioether (sulfide) groups is 1. The Balaban J connectivity index is 1.62. The Morgan fingerprint density at radius 1 is 1.26 bits per heavy atom. The first-order chi connectivity index (χ1) is 11.1. The van der Waals surface area contributed by atoms with Crippen molar-refractivity contribution in [3.05, 3.63) is 65.7 Å². The minimum atomic E-state index is -0.833. The molecule has 0 aliphatic carbocycles. The number of pyridine rings is 1. The van der Waals surface area contributed by atoms with Crippen molar-refractivity contribution in [1.82, 2.24) is 10.3 Å². The van der Waals surface area contributed by atoms with E-state index in [9.17, 15) is 14.3 Å². The quantitative estimate of drug-likeness (QED) is 0.729. The van der Waals surface area contributed by atoms with E-state index in [0.29, 0.717) is 17.7 Å². The van der Waals surface area contributed by atoms with E-state index in [-0.39, 0.29) is 18.3 Å². The second kappa shape index (κ2) is 9.27. The fourth-order valence-corrected chi connectivity index (χ4v) is 2.78. The molecule has 0 saturated heterocycles. The van der Waals surface area contributed by atoms with Crippen LogP contribution < -0.4 is 5.32 Å². The van der Waals surface area contributed by atoms with Gasteiger partial charge in [-0.05, 0) is 29.8 Å². The SMILES string of the molecule is O=C(CCSCc1ccccn1)NCC(O)c1ccc(F)cc1. The minimum absolute atomic E-state index is 0.111. The molecule has 2 aromatic rings. The van der Waals surface area contributed by atoms with Crippen LogP contribution in [0.2, 0.25) is 0 Å². The van der Waals surface area contributed by atoms with Crippen LogP contribution in [0.5, 0.6) is 0 Å². The summed E-state index contributed by atoms with van der Waals surface area (Å²) in [5.41, 5.74) is 1.57. The molecule has 1 atom stereocenters. The average molecular weight is 334 g/mol. The summed E-state index contributed by atoms with van der Waals surface area (Å²) in [6.07, 6.45) is 1.30. The lowest BCUT2D eigenvalue weighted by Gasteiger charge is -2.12. The zero-order valence-electron chi connectivity index (χ0n) is 12.6. The Kier molecular flexibility index (Phi) is 7.03. The van der Waals surface area contributed by atoms with Crippen molar-refractivity contribution in [2.75, 3.05) is 12.3 Å². The predicted octanol–water partition coefficient (Wildman–Crippen LogP) is 2.69. The van der Waals surface area contributed by atoms with Crippen molar-refractivity contribution in [2.24, 2.45) is 0 Å². The van der Waals surface area contributed by atoms with Crippen molar-refractivity contribution < 1.29 is 14.3 Å². The summed E-state index contributed by atoms with van der Waals surface area (Å²) >= 11 is 1.64. The third-order valence-corrected chi connectivity index (χ3v) is 4.19. The fraction of sp³-hybridized carbons (Fsp3) is 0.294. The third-order valence-electron chi connectivity index (χ3n) is 3.20. The van der Waals surface area contributed by atoms with Gasteiger partial charge in [-0.15, -0.1) is 0 Å². The molecule has 23 heavy (non-hydrogen) atoms. The summed E-state index contributed by atoms with van der Waals surface area (Å²) in [7, 11) is 0. The normalized spacial score (nSPS) is 11.9. The van der Waals surface area contributed by atoms with Gasteiger partial charge in [-0.25, -0.2) is 4.39 Å². The van der Waals surface area contributed by atoms with Gasteiger partial charge in [0.1, 0.15) is 5.82 Å². The van der Waals surface area contributed by atoms with Gasteiger partial charge >= 0.3 is 0 Å².